The van der Waals surface area contributed by atoms with Crippen LogP contribution in [0.1, 0.15) is 15.2 Å². The first kappa shape index (κ1) is 15.9. The summed E-state index contributed by atoms with van der Waals surface area (Å²) in [5.74, 6) is -1.75. The Labute approximate surface area is 132 Å². The van der Waals surface area contributed by atoms with Crippen LogP contribution in [0.5, 0.6) is 0 Å². The maximum Gasteiger partial charge on any atom is 0.345 e. The van der Waals surface area contributed by atoms with Crippen LogP contribution in [0, 0.1) is 12.7 Å². The molecule has 9 heteroatoms. The molecule has 2 aromatic rings. The molecular weight excluding hydrogens is 385 g/mol. The van der Waals surface area contributed by atoms with E-state index >= 15 is 0 Å². The lowest BCUT2D eigenvalue weighted by Gasteiger charge is -2.10. The highest BCUT2D eigenvalue weighted by Crippen LogP contribution is 2.33. The van der Waals surface area contributed by atoms with Crippen molar-refractivity contribution in [2.45, 2.75) is 11.8 Å². The Bertz CT molecular complexity index is 817. The SMILES string of the molecule is Cc1c(F)cccc1NS(=O)(=O)c1cc(C(=O)O)sc1Br. The van der Waals surface area contributed by atoms with E-state index in [9.17, 15) is 17.6 Å². The number of benzene rings is 1. The number of hydrogen-bond donors (Lipinski definition) is 2. The molecular formula is C12H9BrFNO4S2. The van der Waals surface area contributed by atoms with E-state index in [0.29, 0.717) is 0 Å². The van der Waals surface area contributed by atoms with Gasteiger partial charge in [0.15, 0.2) is 0 Å². The van der Waals surface area contributed by atoms with Crippen LogP contribution < -0.4 is 4.72 Å². The van der Waals surface area contributed by atoms with Crippen molar-refractivity contribution in [3.05, 3.63) is 44.3 Å². The van der Waals surface area contributed by atoms with E-state index in [1.54, 1.807) is 0 Å². The minimum atomic E-state index is -4.01. The topological polar surface area (TPSA) is 83.5 Å². The maximum atomic E-state index is 13.4. The second-order valence-corrected chi connectivity index (χ2v) is 8.09. The molecule has 1 aromatic carbocycles. The lowest BCUT2D eigenvalue weighted by Crippen LogP contribution is -2.14. The van der Waals surface area contributed by atoms with E-state index in [4.69, 9.17) is 5.11 Å². The molecule has 21 heavy (non-hydrogen) atoms. The number of carboxylic acids is 1. The number of nitrogens with one attached hydrogen (secondary N) is 1. The molecule has 2 N–H and O–H groups in total. The Morgan fingerprint density at radius 1 is 1.43 bits per heavy atom. The number of hydrogen-bond acceptors (Lipinski definition) is 4. The van der Waals surface area contributed by atoms with Crippen molar-refractivity contribution in [2.75, 3.05) is 4.72 Å². The molecule has 2 rings (SSSR count). The quantitative estimate of drug-likeness (QED) is 0.832. The zero-order valence-corrected chi connectivity index (χ0v) is 13.8. The van der Waals surface area contributed by atoms with Crippen LogP contribution in [0.2, 0.25) is 0 Å². The van der Waals surface area contributed by atoms with E-state index in [1.807, 2.05) is 0 Å². The molecule has 0 aliphatic heterocycles. The van der Waals surface area contributed by atoms with Crippen molar-refractivity contribution < 1.29 is 22.7 Å². The van der Waals surface area contributed by atoms with Gasteiger partial charge in [-0.2, -0.15) is 0 Å². The van der Waals surface area contributed by atoms with E-state index in [0.717, 1.165) is 17.4 Å². The number of carbonyl (C=O) groups is 1. The van der Waals surface area contributed by atoms with Gasteiger partial charge in [-0.05, 0) is 41.1 Å². The first-order chi connectivity index (χ1) is 9.72. The Morgan fingerprint density at radius 3 is 2.67 bits per heavy atom. The van der Waals surface area contributed by atoms with Crippen molar-refractivity contribution in [3.8, 4) is 0 Å². The Kier molecular flexibility index (Phi) is 4.35. The van der Waals surface area contributed by atoms with Crippen molar-refractivity contribution in [1.82, 2.24) is 0 Å². The Balaban J connectivity index is 2.43. The molecule has 0 aliphatic carbocycles. The smallest absolute Gasteiger partial charge is 0.345 e. The summed E-state index contributed by atoms with van der Waals surface area (Å²) in [7, 11) is -4.01. The maximum absolute atomic E-state index is 13.4. The van der Waals surface area contributed by atoms with Gasteiger partial charge in [-0.3, -0.25) is 4.72 Å². The van der Waals surface area contributed by atoms with Gasteiger partial charge >= 0.3 is 5.97 Å². The third kappa shape index (κ3) is 3.25. The van der Waals surface area contributed by atoms with Crippen molar-refractivity contribution in [1.29, 1.82) is 0 Å². The monoisotopic (exact) mass is 393 g/mol. The van der Waals surface area contributed by atoms with Crippen LogP contribution in [0.25, 0.3) is 0 Å². The summed E-state index contributed by atoms with van der Waals surface area (Å²) >= 11 is 3.82. The van der Waals surface area contributed by atoms with Gasteiger partial charge < -0.3 is 5.11 Å². The second-order valence-electron chi connectivity index (χ2n) is 4.07. The largest absolute Gasteiger partial charge is 0.477 e. The Hall–Kier alpha value is -1.45. The van der Waals surface area contributed by atoms with Crippen LogP contribution in [0.4, 0.5) is 10.1 Å². The number of rotatable bonds is 4. The first-order valence-corrected chi connectivity index (χ1v) is 8.62. The van der Waals surface area contributed by atoms with Crippen LogP contribution in [0.3, 0.4) is 0 Å². The predicted octanol–water partition coefficient (Wildman–Crippen LogP) is 3.46. The number of aromatic carboxylic acids is 1. The van der Waals surface area contributed by atoms with Crippen LogP contribution in [-0.2, 0) is 10.0 Å². The summed E-state index contributed by atoms with van der Waals surface area (Å²) in [6.45, 7) is 1.44. The molecule has 1 heterocycles. The summed E-state index contributed by atoms with van der Waals surface area (Å²) in [5.41, 5.74) is 0.260. The molecule has 0 amide bonds. The van der Waals surface area contributed by atoms with Gasteiger partial charge in [0, 0.05) is 5.56 Å². The van der Waals surface area contributed by atoms with Crippen LogP contribution in [0.15, 0.2) is 32.9 Å². The molecule has 0 radical (unpaired) electrons. The number of anilines is 1. The van der Waals surface area contributed by atoms with Gasteiger partial charge in [0.25, 0.3) is 10.0 Å². The molecule has 0 bridgehead atoms. The fourth-order valence-electron chi connectivity index (χ4n) is 1.56. The number of sulfonamides is 1. The highest BCUT2D eigenvalue weighted by Gasteiger charge is 2.24. The zero-order chi connectivity index (χ0) is 15.8. The molecule has 0 aliphatic rings. The first-order valence-electron chi connectivity index (χ1n) is 5.53. The van der Waals surface area contributed by atoms with Gasteiger partial charge in [0.2, 0.25) is 0 Å². The molecule has 5 nitrogen and oxygen atoms in total. The molecule has 0 saturated carbocycles. The lowest BCUT2D eigenvalue weighted by atomic mass is 10.2. The Morgan fingerprint density at radius 2 is 2.10 bits per heavy atom. The summed E-state index contributed by atoms with van der Waals surface area (Å²) in [5, 5.41) is 8.88. The molecule has 1 aromatic heterocycles. The van der Waals surface area contributed by atoms with E-state index in [-0.39, 0.29) is 24.8 Å². The lowest BCUT2D eigenvalue weighted by molar-refractivity contribution is 0.0702. The number of thiophene rings is 1. The van der Waals surface area contributed by atoms with Gasteiger partial charge in [0.05, 0.1) is 9.47 Å². The van der Waals surface area contributed by atoms with Gasteiger partial charge in [-0.25, -0.2) is 17.6 Å². The van der Waals surface area contributed by atoms with Gasteiger partial charge in [-0.15, -0.1) is 11.3 Å². The fourth-order valence-corrected chi connectivity index (χ4v) is 5.09. The molecule has 0 spiro atoms. The highest BCUT2D eigenvalue weighted by molar-refractivity contribution is 9.11. The third-order valence-electron chi connectivity index (χ3n) is 2.67. The minimum absolute atomic E-state index is 0.102. The minimum Gasteiger partial charge on any atom is -0.477 e. The van der Waals surface area contributed by atoms with Gasteiger partial charge in [0.1, 0.15) is 15.6 Å². The predicted molar refractivity (Wildman–Crippen MR) is 80.9 cm³/mol. The average molecular weight is 394 g/mol. The molecule has 0 saturated heterocycles. The highest BCUT2D eigenvalue weighted by atomic mass is 79.9. The fraction of sp³-hybridized carbons (Fsp3) is 0.0833. The molecule has 112 valence electrons. The van der Waals surface area contributed by atoms with Crippen molar-refractivity contribution in [3.63, 3.8) is 0 Å². The summed E-state index contributed by atoms with van der Waals surface area (Å²) < 4.78 is 40.4. The molecule has 0 fully saturated rings. The van der Waals surface area contributed by atoms with Gasteiger partial charge in [-0.1, -0.05) is 6.07 Å². The summed E-state index contributed by atoms with van der Waals surface area (Å²) in [6, 6.07) is 5.07. The van der Waals surface area contributed by atoms with Crippen molar-refractivity contribution >= 4 is 48.9 Å². The summed E-state index contributed by atoms with van der Waals surface area (Å²) in [6.07, 6.45) is 0. The van der Waals surface area contributed by atoms with Crippen LogP contribution >= 0.6 is 27.3 Å². The van der Waals surface area contributed by atoms with E-state index in [1.165, 1.54) is 25.1 Å². The normalized spacial score (nSPS) is 11.4. The van der Waals surface area contributed by atoms with Crippen molar-refractivity contribution in [2.24, 2.45) is 0 Å². The number of carboxylic acid groups (broad SMARTS) is 1. The molecule has 0 unspecified atom stereocenters. The molecule has 0 atom stereocenters. The third-order valence-corrected chi connectivity index (χ3v) is 6.27. The van der Waals surface area contributed by atoms with Crippen LogP contribution in [-0.4, -0.2) is 19.5 Å². The van der Waals surface area contributed by atoms with E-state index in [2.05, 4.69) is 20.7 Å². The number of halogens is 2. The summed E-state index contributed by atoms with van der Waals surface area (Å²) in [4.78, 5) is 10.6. The standard InChI is InChI=1S/C12H9BrFNO4S2/c1-6-7(14)3-2-4-8(6)15-21(18,19)10-5-9(12(16)17)20-11(10)13/h2-5,15H,1H3,(H,16,17). The average Bonchev–Trinajstić information content (AvgIpc) is 2.78. The zero-order valence-electron chi connectivity index (χ0n) is 10.6. The second kappa shape index (κ2) is 5.74. The van der Waals surface area contributed by atoms with E-state index < -0.39 is 21.8 Å².